The molecule has 1 saturated heterocycles. The van der Waals surface area contributed by atoms with Crippen LogP contribution in [0.15, 0.2) is 41.8 Å². The number of nitrogens with zero attached hydrogens (tertiary/aromatic N) is 1. The van der Waals surface area contributed by atoms with Crippen molar-refractivity contribution in [3.05, 3.63) is 52.2 Å². The van der Waals surface area contributed by atoms with Gasteiger partial charge in [0.05, 0.1) is 17.8 Å². The Morgan fingerprint density at radius 3 is 2.75 bits per heavy atom. The molecule has 2 heterocycles. The van der Waals surface area contributed by atoms with Gasteiger partial charge in [-0.1, -0.05) is 18.2 Å². The predicted octanol–water partition coefficient (Wildman–Crippen LogP) is 4.54. The number of hydrogen-bond donors (Lipinski definition) is 1. The highest BCUT2D eigenvalue weighted by atomic mass is 32.1. The Morgan fingerprint density at radius 1 is 1.25 bits per heavy atom. The van der Waals surface area contributed by atoms with Gasteiger partial charge in [0, 0.05) is 10.9 Å². The Kier molecular flexibility index (Phi) is 4.91. The third-order valence-electron chi connectivity index (χ3n) is 4.09. The minimum atomic E-state index is -4.49. The van der Waals surface area contributed by atoms with Crippen LogP contribution < -0.4 is 5.32 Å². The van der Waals surface area contributed by atoms with Crippen LogP contribution in [0.4, 0.5) is 18.9 Å². The number of halogens is 3. The number of alkyl halides is 3. The Hall–Kier alpha value is -1.86. The molecule has 0 radical (unpaired) electrons. The van der Waals surface area contributed by atoms with Gasteiger partial charge in [-0.2, -0.15) is 13.2 Å². The lowest BCUT2D eigenvalue weighted by Gasteiger charge is -2.23. The van der Waals surface area contributed by atoms with Gasteiger partial charge in [-0.15, -0.1) is 11.3 Å². The van der Waals surface area contributed by atoms with Crippen LogP contribution in [0, 0.1) is 0 Å². The van der Waals surface area contributed by atoms with E-state index in [1.54, 1.807) is 11.3 Å². The van der Waals surface area contributed by atoms with Crippen LogP contribution in [-0.2, 0) is 11.0 Å². The fraction of sp³-hybridized carbons (Fsp3) is 0.353. The van der Waals surface area contributed by atoms with Gasteiger partial charge in [-0.25, -0.2) is 0 Å². The van der Waals surface area contributed by atoms with Gasteiger partial charge in [0.2, 0.25) is 5.91 Å². The normalized spacial score (nSPS) is 18.7. The molecule has 1 amide bonds. The first-order valence-corrected chi connectivity index (χ1v) is 8.56. The number of thiophene rings is 1. The summed E-state index contributed by atoms with van der Waals surface area (Å²) in [5.74, 6) is -0.421. The summed E-state index contributed by atoms with van der Waals surface area (Å²) < 4.78 is 39.0. The largest absolute Gasteiger partial charge is 0.418 e. The number of rotatable bonds is 4. The van der Waals surface area contributed by atoms with E-state index in [2.05, 4.69) is 5.32 Å². The van der Waals surface area contributed by atoms with Crippen molar-refractivity contribution < 1.29 is 18.0 Å². The van der Waals surface area contributed by atoms with Crippen molar-refractivity contribution in [3.8, 4) is 0 Å². The molecule has 1 atom stereocenters. The van der Waals surface area contributed by atoms with E-state index in [0.29, 0.717) is 0 Å². The Balaban J connectivity index is 1.68. The zero-order chi connectivity index (χ0) is 17.2. The van der Waals surface area contributed by atoms with Crippen LogP contribution in [0.3, 0.4) is 0 Å². The summed E-state index contributed by atoms with van der Waals surface area (Å²) >= 11 is 1.64. The molecule has 3 nitrogen and oxygen atoms in total. The van der Waals surface area contributed by atoms with E-state index in [9.17, 15) is 18.0 Å². The van der Waals surface area contributed by atoms with Crippen molar-refractivity contribution in [2.75, 3.05) is 18.4 Å². The van der Waals surface area contributed by atoms with E-state index in [0.717, 1.165) is 25.5 Å². The molecule has 0 spiro atoms. The maximum absolute atomic E-state index is 13.0. The molecule has 1 fully saturated rings. The Labute approximate surface area is 142 Å². The number of hydrogen-bond acceptors (Lipinski definition) is 3. The first-order valence-electron chi connectivity index (χ1n) is 7.68. The molecule has 1 N–H and O–H groups in total. The highest BCUT2D eigenvalue weighted by molar-refractivity contribution is 7.10. The van der Waals surface area contributed by atoms with E-state index in [4.69, 9.17) is 0 Å². The third kappa shape index (κ3) is 3.79. The first kappa shape index (κ1) is 17.0. The molecule has 3 rings (SSSR count). The van der Waals surface area contributed by atoms with Crippen molar-refractivity contribution >= 4 is 22.9 Å². The molecule has 128 valence electrons. The first-order chi connectivity index (χ1) is 11.4. The highest BCUT2D eigenvalue weighted by Crippen LogP contribution is 2.36. The van der Waals surface area contributed by atoms with Gasteiger partial charge in [-0.3, -0.25) is 9.69 Å². The number of carbonyl (C=O) groups is 1. The molecule has 1 aromatic carbocycles. The zero-order valence-corrected chi connectivity index (χ0v) is 13.7. The third-order valence-corrected chi connectivity index (χ3v) is 5.06. The molecular weight excluding hydrogens is 337 g/mol. The zero-order valence-electron chi connectivity index (χ0n) is 12.8. The molecule has 1 aromatic heterocycles. The lowest BCUT2D eigenvalue weighted by molar-refractivity contribution is -0.137. The highest BCUT2D eigenvalue weighted by Gasteiger charge is 2.34. The second-order valence-corrected chi connectivity index (χ2v) is 6.71. The van der Waals surface area contributed by atoms with Crippen molar-refractivity contribution in [1.29, 1.82) is 0 Å². The standard InChI is InChI=1S/C17H17F3N2OS/c18-17(19,20)12-5-1-2-6-13(12)21-16(23)11-22-9-3-7-14(22)15-8-4-10-24-15/h1-2,4-6,8,10,14H,3,7,9,11H2,(H,21,23)/t14-/m0/s1. The van der Waals surface area contributed by atoms with E-state index in [-0.39, 0.29) is 18.3 Å². The molecule has 24 heavy (non-hydrogen) atoms. The summed E-state index contributed by atoms with van der Waals surface area (Å²) in [5.41, 5.74) is -1.02. The van der Waals surface area contributed by atoms with Gasteiger partial charge in [0.15, 0.2) is 0 Å². The van der Waals surface area contributed by atoms with Crippen molar-refractivity contribution in [3.63, 3.8) is 0 Å². The van der Waals surface area contributed by atoms with E-state index < -0.39 is 17.6 Å². The minimum absolute atomic E-state index is 0.0920. The van der Waals surface area contributed by atoms with Crippen molar-refractivity contribution in [2.24, 2.45) is 0 Å². The maximum atomic E-state index is 13.0. The fourth-order valence-corrected chi connectivity index (χ4v) is 3.93. The van der Waals surface area contributed by atoms with Crippen LogP contribution in [0.25, 0.3) is 0 Å². The summed E-state index contributed by atoms with van der Waals surface area (Å²) in [7, 11) is 0. The summed E-state index contributed by atoms with van der Waals surface area (Å²) in [4.78, 5) is 15.5. The lowest BCUT2D eigenvalue weighted by atomic mass is 10.1. The van der Waals surface area contributed by atoms with E-state index >= 15 is 0 Å². The molecule has 0 unspecified atom stereocenters. The van der Waals surface area contributed by atoms with Crippen molar-refractivity contribution in [1.82, 2.24) is 4.90 Å². The average molecular weight is 354 g/mol. The lowest BCUT2D eigenvalue weighted by Crippen LogP contribution is -2.33. The topological polar surface area (TPSA) is 32.3 Å². The Morgan fingerprint density at radius 2 is 2.04 bits per heavy atom. The number of anilines is 1. The average Bonchev–Trinajstić information content (AvgIpc) is 3.17. The number of carbonyl (C=O) groups excluding carboxylic acids is 1. The van der Waals surface area contributed by atoms with E-state index in [1.165, 1.54) is 23.1 Å². The SMILES string of the molecule is O=C(CN1CCC[C@H]1c1cccs1)Nc1ccccc1C(F)(F)F. The van der Waals surface area contributed by atoms with Gasteiger partial charge >= 0.3 is 6.18 Å². The maximum Gasteiger partial charge on any atom is 0.418 e. The summed E-state index contributed by atoms with van der Waals surface area (Å²) in [6.45, 7) is 0.867. The molecule has 0 bridgehead atoms. The molecule has 0 aliphatic carbocycles. The molecule has 1 aliphatic heterocycles. The van der Waals surface area contributed by atoms with Gasteiger partial charge in [-0.05, 0) is 43.0 Å². The number of likely N-dealkylation sites (tertiary alicyclic amines) is 1. The van der Waals surface area contributed by atoms with Crippen molar-refractivity contribution in [2.45, 2.75) is 25.1 Å². The van der Waals surface area contributed by atoms with Gasteiger partial charge in [0.1, 0.15) is 0 Å². The molecule has 1 aliphatic rings. The summed E-state index contributed by atoms with van der Waals surface area (Å²) in [5, 5.41) is 4.40. The smallest absolute Gasteiger partial charge is 0.324 e. The van der Waals surface area contributed by atoms with Crippen LogP contribution in [0.1, 0.15) is 29.3 Å². The molecule has 2 aromatic rings. The Bertz CT molecular complexity index is 700. The number of benzene rings is 1. The van der Waals surface area contributed by atoms with E-state index in [1.807, 2.05) is 22.4 Å². The quantitative estimate of drug-likeness (QED) is 0.874. The second-order valence-electron chi connectivity index (χ2n) is 5.74. The number of amides is 1. The van der Waals surface area contributed by atoms with Gasteiger partial charge < -0.3 is 5.32 Å². The predicted molar refractivity (Wildman–Crippen MR) is 87.9 cm³/mol. The monoisotopic (exact) mass is 354 g/mol. The minimum Gasteiger partial charge on any atom is -0.324 e. The number of para-hydroxylation sites is 1. The van der Waals surface area contributed by atoms with Crippen LogP contribution >= 0.6 is 11.3 Å². The van der Waals surface area contributed by atoms with Gasteiger partial charge in [0.25, 0.3) is 0 Å². The van der Waals surface area contributed by atoms with Crippen LogP contribution in [0.5, 0.6) is 0 Å². The molecular formula is C17H17F3N2OS. The summed E-state index contributed by atoms with van der Waals surface area (Å²) in [6, 6.07) is 9.22. The second kappa shape index (κ2) is 6.94. The fourth-order valence-electron chi connectivity index (χ4n) is 3.03. The summed E-state index contributed by atoms with van der Waals surface area (Å²) in [6.07, 6.45) is -2.54. The van der Waals surface area contributed by atoms with Crippen LogP contribution in [-0.4, -0.2) is 23.9 Å². The molecule has 7 heteroatoms. The molecule has 0 saturated carbocycles. The number of nitrogens with one attached hydrogen (secondary N) is 1. The van der Waals surface area contributed by atoms with Crippen LogP contribution in [0.2, 0.25) is 0 Å².